The maximum Gasteiger partial charge on any atom is 0.235 e. The molecule has 28 heavy (non-hydrogen) atoms. The van der Waals surface area contributed by atoms with Crippen LogP contribution in [0.3, 0.4) is 0 Å². The Labute approximate surface area is 163 Å². The molecule has 4 rings (SSSR count). The zero-order valence-corrected chi connectivity index (χ0v) is 16.0. The molecule has 1 amide bonds. The number of aromatic amines is 1. The van der Waals surface area contributed by atoms with Gasteiger partial charge < -0.3 is 10.7 Å². The van der Waals surface area contributed by atoms with Gasteiger partial charge in [0, 0.05) is 40.0 Å². The first-order valence-electron chi connectivity index (χ1n) is 9.02. The van der Waals surface area contributed by atoms with E-state index in [1.54, 1.807) is 13.8 Å². The molecule has 3 heterocycles. The van der Waals surface area contributed by atoms with Crippen LogP contribution in [0.25, 0.3) is 33.1 Å². The van der Waals surface area contributed by atoms with Gasteiger partial charge in [0.2, 0.25) is 5.91 Å². The Kier molecular flexibility index (Phi) is 4.12. The molecule has 0 atom stereocenters. The van der Waals surface area contributed by atoms with Crippen molar-refractivity contribution in [2.75, 3.05) is 0 Å². The summed E-state index contributed by atoms with van der Waals surface area (Å²) in [5.41, 5.74) is 9.96. The molecule has 5 nitrogen and oxygen atoms in total. The highest BCUT2D eigenvalue weighted by atomic mass is 16.1. The van der Waals surface area contributed by atoms with E-state index in [0.29, 0.717) is 0 Å². The van der Waals surface area contributed by atoms with Crippen molar-refractivity contribution in [2.45, 2.75) is 20.8 Å². The number of carbonyl (C=O) groups excluding carboxylic acids is 1. The average Bonchev–Trinajstić information content (AvgIpc) is 3.14. The van der Waals surface area contributed by atoms with Gasteiger partial charge in [0.1, 0.15) is 11.1 Å². The van der Waals surface area contributed by atoms with E-state index >= 15 is 0 Å². The molecule has 4 aromatic rings. The minimum atomic E-state index is -0.923. The smallest absolute Gasteiger partial charge is 0.235 e. The highest BCUT2D eigenvalue weighted by Gasteiger charge is 2.22. The van der Waals surface area contributed by atoms with E-state index in [0.717, 1.165) is 44.3 Å². The van der Waals surface area contributed by atoms with Crippen molar-refractivity contribution in [3.63, 3.8) is 0 Å². The van der Waals surface area contributed by atoms with Crippen molar-refractivity contribution in [3.05, 3.63) is 60.0 Å². The van der Waals surface area contributed by atoms with Crippen molar-refractivity contribution in [1.29, 1.82) is 0 Å². The number of nitrogens with one attached hydrogen (secondary N) is 1. The van der Waals surface area contributed by atoms with Gasteiger partial charge in [-0.3, -0.25) is 9.78 Å². The summed E-state index contributed by atoms with van der Waals surface area (Å²) in [5, 5.41) is 1.96. The number of hydrogen-bond acceptors (Lipinski definition) is 3. The summed E-state index contributed by atoms with van der Waals surface area (Å²) >= 11 is 0. The highest BCUT2D eigenvalue weighted by Crippen LogP contribution is 2.30. The number of hydrogen-bond donors (Lipinski definition) is 2. The Bertz CT molecular complexity index is 1290. The molecule has 0 spiro atoms. The second-order valence-electron chi connectivity index (χ2n) is 7.39. The topological polar surface area (TPSA) is 84.7 Å². The van der Waals surface area contributed by atoms with E-state index in [1.165, 1.54) is 0 Å². The third-order valence-electron chi connectivity index (χ3n) is 4.84. The monoisotopic (exact) mass is 368 g/mol. The fourth-order valence-corrected chi connectivity index (χ4v) is 3.04. The highest BCUT2D eigenvalue weighted by molar-refractivity contribution is 5.93. The van der Waals surface area contributed by atoms with Crippen LogP contribution in [0.15, 0.2) is 48.8 Å². The van der Waals surface area contributed by atoms with E-state index < -0.39 is 11.3 Å². The standard InChI is InChI=1S/C23H20N4O/c1-14-4-5-16-12-15(6-7-20(16)27-14)19-13-26-21-18(9-11-25-21)17(19)8-10-23(2,3)22(24)28/h4-7,9,11-13H,1-3H3,(H2,24,28)(H,25,26). The third kappa shape index (κ3) is 3.10. The van der Waals surface area contributed by atoms with E-state index in [4.69, 9.17) is 5.73 Å². The molecule has 0 aliphatic heterocycles. The van der Waals surface area contributed by atoms with Crippen molar-refractivity contribution in [3.8, 4) is 23.0 Å². The fourth-order valence-electron chi connectivity index (χ4n) is 3.04. The van der Waals surface area contributed by atoms with Crippen LogP contribution in [-0.2, 0) is 4.79 Å². The largest absolute Gasteiger partial charge is 0.368 e. The summed E-state index contributed by atoms with van der Waals surface area (Å²) in [6.45, 7) is 5.42. The summed E-state index contributed by atoms with van der Waals surface area (Å²) in [5.74, 6) is 5.78. The summed E-state index contributed by atoms with van der Waals surface area (Å²) in [6, 6.07) is 12.1. The first-order valence-corrected chi connectivity index (χ1v) is 9.02. The van der Waals surface area contributed by atoms with Gasteiger partial charge in [0.05, 0.1) is 5.52 Å². The fraction of sp³-hybridized carbons (Fsp3) is 0.174. The quantitative estimate of drug-likeness (QED) is 0.525. The van der Waals surface area contributed by atoms with Crippen LogP contribution in [0.1, 0.15) is 25.1 Å². The molecular formula is C23H20N4O. The predicted molar refractivity (Wildman–Crippen MR) is 111 cm³/mol. The van der Waals surface area contributed by atoms with Gasteiger partial charge >= 0.3 is 0 Å². The Balaban J connectivity index is 1.94. The lowest BCUT2D eigenvalue weighted by molar-refractivity contribution is -0.123. The summed E-state index contributed by atoms with van der Waals surface area (Å²) in [7, 11) is 0. The molecular weight excluding hydrogens is 348 g/mol. The van der Waals surface area contributed by atoms with E-state index in [2.05, 4.69) is 38.9 Å². The zero-order chi connectivity index (χ0) is 19.9. The van der Waals surface area contributed by atoms with Gasteiger partial charge in [0.15, 0.2) is 0 Å². The molecule has 1 aromatic carbocycles. The van der Waals surface area contributed by atoms with Gasteiger partial charge in [-0.1, -0.05) is 24.0 Å². The molecule has 0 saturated heterocycles. The number of amides is 1. The molecule has 0 radical (unpaired) electrons. The summed E-state index contributed by atoms with van der Waals surface area (Å²) in [4.78, 5) is 23.9. The van der Waals surface area contributed by atoms with Gasteiger partial charge in [-0.15, -0.1) is 0 Å². The SMILES string of the molecule is Cc1ccc2cc(-c3cnc4[nH]ccc4c3C#CC(C)(C)C(N)=O)ccc2n1. The third-order valence-corrected chi connectivity index (χ3v) is 4.84. The minimum absolute atomic E-state index is 0.451. The zero-order valence-electron chi connectivity index (χ0n) is 16.0. The molecule has 0 aliphatic rings. The lowest BCUT2D eigenvalue weighted by Gasteiger charge is -2.12. The second kappa shape index (κ2) is 6.50. The molecule has 3 aromatic heterocycles. The Hall–Kier alpha value is -3.65. The lowest BCUT2D eigenvalue weighted by Crippen LogP contribution is -2.29. The first-order chi connectivity index (χ1) is 13.3. The number of nitrogens with two attached hydrogens (primary N) is 1. The molecule has 5 heteroatoms. The first kappa shape index (κ1) is 17.7. The second-order valence-corrected chi connectivity index (χ2v) is 7.39. The van der Waals surface area contributed by atoms with Crippen molar-refractivity contribution in [1.82, 2.24) is 15.0 Å². The van der Waals surface area contributed by atoms with Crippen LogP contribution in [0.2, 0.25) is 0 Å². The van der Waals surface area contributed by atoms with Gasteiger partial charge in [-0.25, -0.2) is 4.98 Å². The number of pyridine rings is 2. The molecule has 0 saturated carbocycles. The van der Waals surface area contributed by atoms with Crippen LogP contribution in [0.5, 0.6) is 0 Å². The minimum Gasteiger partial charge on any atom is -0.368 e. The Morgan fingerprint density at radius 2 is 2.00 bits per heavy atom. The number of aryl methyl sites for hydroxylation is 1. The summed E-state index contributed by atoms with van der Waals surface area (Å²) < 4.78 is 0. The van der Waals surface area contributed by atoms with Crippen LogP contribution < -0.4 is 5.73 Å². The van der Waals surface area contributed by atoms with Gasteiger partial charge in [-0.05, 0) is 50.6 Å². The van der Waals surface area contributed by atoms with Gasteiger partial charge in [-0.2, -0.15) is 0 Å². The average molecular weight is 368 g/mol. The number of carbonyl (C=O) groups is 1. The van der Waals surface area contributed by atoms with Crippen LogP contribution in [0, 0.1) is 24.2 Å². The van der Waals surface area contributed by atoms with E-state index in [1.807, 2.05) is 43.6 Å². The maximum absolute atomic E-state index is 11.7. The number of fused-ring (bicyclic) bond motifs is 2. The normalized spacial score (nSPS) is 11.4. The maximum atomic E-state index is 11.7. The number of H-pyrrole nitrogens is 1. The Morgan fingerprint density at radius 1 is 1.18 bits per heavy atom. The lowest BCUT2D eigenvalue weighted by atomic mass is 9.92. The van der Waals surface area contributed by atoms with Crippen LogP contribution in [-0.4, -0.2) is 20.9 Å². The van der Waals surface area contributed by atoms with E-state index in [-0.39, 0.29) is 0 Å². The molecule has 0 unspecified atom stereocenters. The number of rotatable bonds is 2. The van der Waals surface area contributed by atoms with E-state index in [9.17, 15) is 4.79 Å². The molecule has 0 bridgehead atoms. The number of aromatic nitrogens is 3. The summed E-state index contributed by atoms with van der Waals surface area (Å²) in [6.07, 6.45) is 3.64. The molecule has 138 valence electrons. The van der Waals surface area contributed by atoms with Crippen LogP contribution >= 0.6 is 0 Å². The Morgan fingerprint density at radius 3 is 2.79 bits per heavy atom. The number of primary amides is 1. The van der Waals surface area contributed by atoms with Crippen molar-refractivity contribution in [2.24, 2.45) is 11.1 Å². The predicted octanol–water partition coefficient (Wildman–Crippen LogP) is 3.95. The molecule has 0 aliphatic carbocycles. The van der Waals surface area contributed by atoms with Crippen LogP contribution in [0.4, 0.5) is 0 Å². The number of nitrogens with zero attached hydrogens (tertiary/aromatic N) is 2. The van der Waals surface area contributed by atoms with Gasteiger partial charge in [0.25, 0.3) is 0 Å². The molecule has 3 N–H and O–H groups in total. The van der Waals surface area contributed by atoms with Crippen molar-refractivity contribution >= 4 is 27.8 Å². The van der Waals surface area contributed by atoms with Crippen molar-refractivity contribution < 1.29 is 4.79 Å². The number of benzene rings is 1. The molecule has 0 fully saturated rings.